The van der Waals surface area contributed by atoms with Crippen molar-refractivity contribution in [1.82, 2.24) is 15.0 Å². The van der Waals surface area contributed by atoms with Gasteiger partial charge < -0.3 is 15.7 Å². The van der Waals surface area contributed by atoms with Crippen molar-refractivity contribution < 1.29 is 9.90 Å². The summed E-state index contributed by atoms with van der Waals surface area (Å²) in [5, 5.41) is 11.3. The van der Waals surface area contributed by atoms with Crippen molar-refractivity contribution in [3.63, 3.8) is 0 Å². The van der Waals surface area contributed by atoms with Crippen LogP contribution in [0.1, 0.15) is 30.2 Å². The number of aryl methyl sites for hydroxylation is 1. The number of carbonyl (C=O) groups excluding carboxylic acids is 1. The second-order valence-electron chi connectivity index (χ2n) is 8.10. The quantitative estimate of drug-likeness (QED) is 0.688. The molecule has 0 bridgehead atoms. The molecule has 29 heavy (non-hydrogen) atoms. The summed E-state index contributed by atoms with van der Waals surface area (Å²) in [7, 11) is 0. The number of primary amides is 1. The van der Waals surface area contributed by atoms with E-state index in [9.17, 15) is 9.90 Å². The fourth-order valence-electron chi connectivity index (χ4n) is 4.47. The highest BCUT2D eigenvalue weighted by Crippen LogP contribution is 2.43. The number of pyridine rings is 1. The summed E-state index contributed by atoms with van der Waals surface area (Å²) in [6, 6.07) is 3.22. The summed E-state index contributed by atoms with van der Waals surface area (Å²) in [6.07, 6.45) is 6.33. The number of nitrogens with two attached hydrogens (primary N) is 1. The van der Waals surface area contributed by atoms with Crippen LogP contribution in [0.4, 0.5) is 5.82 Å². The monoisotopic (exact) mass is 409 g/mol. The molecular weight excluding hydrogens is 386 g/mol. The van der Waals surface area contributed by atoms with E-state index in [1.54, 1.807) is 23.7 Å². The summed E-state index contributed by atoms with van der Waals surface area (Å²) in [6.45, 7) is 2.62. The zero-order valence-corrected chi connectivity index (χ0v) is 17.0. The summed E-state index contributed by atoms with van der Waals surface area (Å²) in [4.78, 5) is 30.2. The van der Waals surface area contributed by atoms with Crippen LogP contribution in [0.2, 0.25) is 0 Å². The number of hydrogen-bond acceptors (Lipinski definition) is 7. The first-order valence-electron chi connectivity index (χ1n) is 9.98. The minimum absolute atomic E-state index is 0.326. The Hall–Kier alpha value is -2.58. The van der Waals surface area contributed by atoms with Crippen LogP contribution in [-0.4, -0.2) is 44.7 Å². The number of amides is 1. The second-order valence-corrected chi connectivity index (χ2v) is 9.19. The molecule has 3 N–H and O–H groups in total. The predicted molar refractivity (Wildman–Crippen MR) is 113 cm³/mol. The van der Waals surface area contributed by atoms with Gasteiger partial charge in [0.2, 0.25) is 5.91 Å². The van der Waals surface area contributed by atoms with Crippen LogP contribution in [0.15, 0.2) is 24.5 Å². The number of hydrogen-bond donors (Lipinski definition) is 2. The van der Waals surface area contributed by atoms with E-state index in [2.05, 4.69) is 11.9 Å². The lowest BCUT2D eigenvalue weighted by atomic mass is 9.89. The van der Waals surface area contributed by atoms with E-state index in [0.717, 1.165) is 35.0 Å². The first kappa shape index (κ1) is 18.4. The summed E-state index contributed by atoms with van der Waals surface area (Å²) in [5.41, 5.74) is 7.79. The molecule has 5 rings (SSSR count). The molecule has 1 aliphatic heterocycles. The Morgan fingerprint density at radius 3 is 3.00 bits per heavy atom. The molecule has 1 amide bonds. The number of aromatic nitrogens is 3. The van der Waals surface area contributed by atoms with Crippen molar-refractivity contribution in [2.75, 3.05) is 11.4 Å². The summed E-state index contributed by atoms with van der Waals surface area (Å²) in [5.74, 6) is 1.50. The largest absolute Gasteiger partial charge is 0.391 e. The van der Waals surface area contributed by atoms with E-state index in [0.29, 0.717) is 30.5 Å². The van der Waals surface area contributed by atoms with Gasteiger partial charge in [-0.3, -0.25) is 9.78 Å². The molecule has 2 aliphatic rings. The highest BCUT2D eigenvalue weighted by atomic mass is 32.1. The number of β-amino-alcohol motifs (C(OH)–C–C–N with tert-alkyl or cyclic N) is 1. The van der Waals surface area contributed by atoms with Crippen LogP contribution in [0.25, 0.3) is 21.6 Å². The molecular formula is C21H23N5O2S. The van der Waals surface area contributed by atoms with Crippen LogP contribution in [-0.2, 0) is 17.6 Å². The number of fused-ring (bicyclic) bond motifs is 3. The van der Waals surface area contributed by atoms with Crippen molar-refractivity contribution in [1.29, 1.82) is 0 Å². The molecule has 3 aromatic rings. The average molecular weight is 410 g/mol. The molecule has 0 aromatic carbocycles. The highest BCUT2D eigenvalue weighted by Gasteiger charge is 2.38. The highest BCUT2D eigenvalue weighted by molar-refractivity contribution is 7.19. The van der Waals surface area contributed by atoms with Gasteiger partial charge in [0.1, 0.15) is 16.7 Å². The standard InChI is InChI=1S/C21H23N5O2S/c1-11-4-5-14-16(7-11)29-21-17(14)20(26-10-13(27)8-15(26)18(22)28)24-19(25-21)12-3-2-6-23-9-12/h2-3,6,9,11,13,15,27H,4-5,7-8,10H2,1H3,(H2,22,28). The number of carbonyl (C=O) groups is 1. The van der Waals surface area contributed by atoms with E-state index in [1.165, 1.54) is 10.4 Å². The predicted octanol–water partition coefficient (Wildman–Crippen LogP) is 2.30. The molecule has 3 unspecified atom stereocenters. The molecule has 3 atom stereocenters. The van der Waals surface area contributed by atoms with Gasteiger partial charge in [0.15, 0.2) is 5.82 Å². The first-order chi connectivity index (χ1) is 14.0. The van der Waals surface area contributed by atoms with Gasteiger partial charge in [0.05, 0.1) is 11.5 Å². The zero-order chi connectivity index (χ0) is 20.1. The van der Waals surface area contributed by atoms with Crippen molar-refractivity contribution in [2.45, 2.75) is 44.8 Å². The van der Waals surface area contributed by atoms with Crippen LogP contribution >= 0.6 is 11.3 Å². The normalized spacial score (nSPS) is 24.1. The molecule has 0 spiro atoms. The molecule has 8 heteroatoms. The Bertz CT molecular complexity index is 1080. The molecule has 1 aliphatic carbocycles. The van der Waals surface area contributed by atoms with Crippen molar-refractivity contribution in [2.24, 2.45) is 11.7 Å². The van der Waals surface area contributed by atoms with E-state index >= 15 is 0 Å². The van der Waals surface area contributed by atoms with Gasteiger partial charge in [0, 0.05) is 35.8 Å². The fourth-order valence-corrected chi connectivity index (χ4v) is 5.85. The third-order valence-corrected chi connectivity index (χ3v) is 7.08. The van der Waals surface area contributed by atoms with E-state index < -0.39 is 18.1 Å². The number of aliphatic hydroxyl groups is 1. The number of anilines is 1. The maximum absolute atomic E-state index is 12.1. The Morgan fingerprint density at radius 2 is 2.24 bits per heavy atom. The smallest absolute Gasteiger partial charge is 0.240 e. The first-order valence-corrected chi connectivity index (χ1v) is 10.8. The number of nitrogens with zero attached hydrogens (tertiary/aromatic N) is 4. The van der Waals surface area contributed by atoms with Crippen molar-refractivity contribution >= 4 is 33.3 Å². The molecule has 0 radical (unpaired) electrons. The van der Waals surface area contributed by atoms with Crippen molar-refractivity contribution in [3.8, 4) is 11.4 Å². The minimum atomic E-state index is -0.603. The Balaban J connectivity index is 1.74. The molecule has 7 nitrogen and oxygen atoms in total. The van der Waals surface area contributed by atoms with Gasteiger partial charge in [-0.2, -0.15) is 0 Å². The summed E-state index contributed by atoms with van der Waals surface area (Å²) < 4.78 is 0. The van der Waals surface area contributed by atoms with Crippen LogP contribution in [0.5, 0.6) is 0 Å². The third-order valence-electron chi connectivity index (χ3n) is 5.94. The second kappa shape index (κ2) is 7.03. The minimum Gasteiger partial charge on any atom is -0.391 e. The Morgan fingerprint density at radius 1 is 1.38 bits per heavy atom. The molecule has 1 fully saturated rings. The lowest BCUT2D eigenvalue weighted by Crippen LogP contribution is -2.41. The number of aliphatic hydroxyl groups excluding tert-OH is 1. The van der Waals surface area contributed by atoms with Crippen molar-refractivity contribution in [3.05, 3.63) is 35.0 Å². The third kappa shape index (κ3) is 3.16. The van der Waals surface area contributed by atoms with Crippen LogP contribution in [0, 0.1) is 5.92 Å². The van der Waals surface area contributed by atoms with E-state index in [4.69, 9.17) is 15.7 Å². The van der Waals surface area contributed by atoms with E-state index in [1.807, 2.05) is 17.0 Å². The van der Waals surface area contributed by atoms with Crippen LogP contribution in [0.3, 0.4) is 0 Å². The SMILES string of the molecule is CC1CCc2c(sc3nc(-c4cccnc4)nc(N4CC(O)CC4C(N)=O)c23)C1. The topological polar surface area (TPSA) is 105 Å². The lowest BCUT2D eigenvalue weighted by molar-refractivity contribution is -0.119. The van der Waals surface area contributed by atoms with Gasteiger partial charge in [-0.15, -0.1) is 11.3 Å². The number of rotatable bonds is 3. The molecule has 3 aromatic heterocycles. The molecule has 0 saturated carbocycles. The fraction of sp³-hybridized carbons (Fsp3) is 0.429. The summed E-state index contributed by atoms with van der Waals surface area (Å²) >= 11 is 1.72. The molecule has 4 heterocycles. The van der Waals surface area contributed by atoms with E-state index in [-0.39, 0.29) is 0 Å². The maximum atomic E-state index is 12.1. The maximum Gasteiger partial charge on any atom is 0.240 e. The average Bonchev–Trinajstić information content (AvgIpc) is 3.27. The molecule has 1 saturated heterocycles. The number of thiophene rings is 1. The van der Waals surface area contributed by atoms with Gasteiger partial charge >= 0.3 is 0 Å². The lowest BCUT2D eigenvalue weighted by Gasteiger charge is -2.25. The Kier molecular flexibility index (Phi) is 4.48. The molecule has 150 valence electrons. The van der Waals surface area contributed by atoms with Gasteiger partial charge in [0.25, 0.3) is 0 Å². The zero-order valence-electron chi connectivity index (χ0n) is 16.2. The van der Waals surface area contributed by atoms with Gasteiger partial charge in [-0.1, -0.05) is 6.92 Å². The van der Waals surface area contributed by atoms with Gasteiger partial charge in [-0.25, -0.2) is 9.97 Å². The van der Waals surface area contributed by atoms with Crippen LogP contribution < -0.4 is 10.6 Å². The van der Waals surface area contributed by atoms with Gasteiger partial charge in [-0.05, 0) is 42.9 Å². The Labute approximate surface area is 172 Å².